The topological polar surface area (TPSA) is 105 Å². The molecule has 2 N–H and O–H groups in total. The van der Waals surface area contributed by atoms with Crippen molar-refractivity contribution in [1.82, 2.24) is 10.6 Å². The van der Waals surface area contributed by atoms with Crippen LogP contribution in [-0.4, -0.2) is 23.8 Å². The zero-order valence-corrected chi connectivity index (χ0v) is 13.4. The molecule has 1 fully saturated rings. The van der Waals surface area contributed by atoms with Gasteiger partial charge in [0.1, 0.15) is 11.6 Å². The van der Waals surface area contributed by atoms with Crippen molar-refractivity contribution < 1.29 is 18.8 Å². The standard InChI is InChI=1S/C16H13ClN2O5/c1-7-4-12-8(5-9(7)17)11(20)6-13(24-12)16(23)18-10-2-3-14(21)19-15(10)22/h4-6,10H,2-3H2,1H3,(H,18,23)(H,19,21,22). The zero-order valence-electron chi connectivity index (χ0n) is 12.6. The Morgan fingerprint density at radius 3 is 2.75 bits per heavy atom. The van der Waals surface area contributed by atoms with E-state index in [-0.39, 0.29) is 35.5 Å². The number of carbonyl (C=O) groups excluding carboxylic acids is 3. The van der Waals surface area contributed by atoms with Crippen LogP contribution in [0.3, 0.4) is 0 Å². The number of imide groups is 1. The number of aryl methyl sites for hydroxylation is 1. The first-order valence-electron chi connectivity index (χ1n) is 7.23. The molecule has 3 rings (SSSR count). The highest BCUT2D eigenvalue weighted by molar-refractivity contribution is 6.32. The van der Waals surface area contributed by atoms with Crippen LogP contribution < -0.4 is 16.1 Å². The number of hydrogen-bond donors (Lipinski definition) is 2. The van der Waals surface area contributed by atoms with Gasteiger partial charge in [0.25, 0.3) is 5.91 Å². The second-order valence-electron chi connectivity index (χ2n) is 5.55. The molecule has 0 saturated carbocycles. The number of amides is 3. The fraction of sp³-hybridized carbons (Fsp3) is 0.250. The Morgan fingerprint density at radius 1 is 1.29 bits per heavy atom. The van der Waals surface area contributed by atoms with Gasteiger partial charge in [-0.1, -0.05) is 11.6 Å². The third-order valence-corrected chi connectivity index (χ3v) is 4.18. The number of carbonyl (C=O) groups is 3. The predicted octanol–water partition coefficient (Wildman–Crippen LogP) is 1.29. The summed E-state index contributed by atoms with van der Waals surface area (Å²) in [6, 6.07) is 3.26. The number of hydrogen-bond acceptors (Lipinski definition) is 5. The van der Waals surface area contributed by atoms with Gasteiger partial charge in [0.2, 0.25) is 11.8 Å². The van der Waals surface area contributed by atoms with Crippen molar-refractivity contribution in [2.24, 2.45) is 0 Å². The van der Waals surface area contributed by atoms with Crippen LogP contribution >= 0.6 is 11.6 Å². The highest BCUT2D eigenvalue weighted by atomic mass is 35.5. The Morgan fingerprint density at radius 2 is 2.04 bits per heavy atom. The predicted molar refractivity (Wildman–Crippen MR) is 85.9 cm³/mol. The molecule has 7 nitrogen and oxygen atoms in total. The average Bonchev–Trinajstić information content (AvgIpc) is 2.51. The molecular formula is C16H13ClN2O5. The molecule has 1 aliphatic heterocycles. The quantitative estimate of drug-likeness (QED) is 0.795. The number of piperidine rings is 1. The highest BCUT2D eigenvalue weighted by Gasteiger charge is 2.28. The van der Waals surface area contributed by atoms with Gasteiger partial charge in [-0.15, -0.1) is 0 Å². The van der Waals surface area contributed by atoms with Crippen LogP contribution in [0.1, 0.15) is 29.0 Å². The van der Waals surface area contributed by atoms with Gasteiger partial charge in [-0.25, -0.2) is 0 Å². The normalized spacial score (nSPS) is 17.7. The molecule has 1 saturated heterocycles. The van der Waals surface area contributed by atoms with E-state index in [1.165, 1.54) is 6.07 Å². The Balaban J connectivity index is 1.90. The molecule has 8 heteroatoms. The first kappa shape index (κ1) is 16.2. The lowest BCUT2D eigenvalue weighted by atomic mass is 10.1. The van der Waals surface area contributed by atoms with Crippen molar-refractivity contribution in [3.63, 3.8) is 0 Å². The highest BCUT2D eigenvalue weighted by Crippen LogP contribution is 2.22. The molecule has 0 radical (unpaired) electrons. The summed E-state index contributed by atoms with van der Waals surface area (Å²) < 4.78 is 5.47. The molecule has 2 aromatic rings. The van der Waals surface area contributed by atoms with Crippen LogP contribution in [0, 0.1) is 6.92 Å². The van der Waals surface area contributed by atoms with E-state index >= 15 is 0 Å². The van der Waals surface area contributed by atoms with Crippen LogP contribution in [-0.2, 0) is 9.59 Å². The lowest BCUT2D eigenvalue weighted by molar-refractivity contribution is -0.134. The van der Waals surface area contributed by atoms with Crippen molar-refractivity contribution in [3.05, 3.63) is 44.8 Å². The molecular weight excluding hydrogens is 336 g/mol. The SMILES string of the molecule is Cc1cc2oc(C(=O)NC3CCC(=O)NC3=O)cc(=O)c2cc1Cl. The third kappa shape index (κ3) is 3.03. The molecule has 0 spiro atoms. The maximum Gasteiger partial charge on any atom is 0.287 e. The molecule has 124 valence electrons. The summed E-state index contributed by atoms with van der Waals surface area (Å²) in [7, 11) is 0. The van der Waals surface area contributed by atoms with Gasteiger partial charge in [0.15, 0.2) is 11.2 Å². The Kier molecular flexibility index (Phi) is 4.11. The fourth-order valence-electron chi connectivity index (χ4n) is 2.45. The van der Waals surface area contributed by atoms with Gasteiger partial charge >= 0.3 is 0 Å². The third-order valence-electron chi connectivity index (χ3n) is 3.78. The van der Waals surface area contributed by atoms with E-state index in [0.717, 1.165) is 6.07 Å². The summed E-state index contributed by atoms with van der Waals surface area (Å²) in [4.78, 5) is 47.2. The van der Waals surface area contributed by atoms with Gasteiger partial charge in [-0.05, 0) is 31.0 Å². The fourth-order valence-corrected chi connectivity index (χ4v) is 2.61. The minimum Gasteiger partial charge on any atom is -0.451 e. The van der Waals surface area contributed by atoms with Gasteiger partial charge in [-0.2, -0.15) is 0 Å². The maximum atomic E-state index is 12.3. The minimum absolute atomic E-state index is 0.135. The van der Waals surface area contributed by atoms with E-state index in [1.54, 1.807) is 13.0 Å². The summed E-state index contributed by atoms with van der Waals surface area (Å²) >= 11 is 5.99. The van der Waals surface area contributed by atoms with Crippen molar-refractivity contribution in [1.29, 1.82) is 0 Å². The number of halogens is 1. The minimum atomic E-state index is -0.844. The molecule has 1 aliphatic rings. The summed E-state index contributed by atoms with van der Waals surface area (Å²) in [5.74, 6) is -1.87. The smallest absolute Gasteiger partial charge is 0.287 e. The van der Waals surface area contributed by atoms with Crippen molar-refractivity contribution >= 4 is 40.3 Å². The number of rotatable bonds is 2. The molecule has 1 aromatic heterocycles. The van der Waals surface area contributed by atoms with Crippen LogP contribution in [0.4, 0.5) is 0 Å². The average molecular weight is 349 g/mol. The van der Waals surface area contributed by atoms with Gasteiger partial charge in [-0.3, -0.25) is 24.5 Å². The molecule has 3 amide bonds. The van der Waals surface area contributed by atoms with Crippen LogP contribution in [0.15, 0.2) is 27.4 Å². The molecule has 1 unspecified atom stereocenters. The second kappa shape index (κ2) is 6.09. The maximum absolute atomic E-state index is 12.3. The molecule has 0 bridgehead atoms. The van der Waals surface area contributed by atoms with Crippen molar-refractivity contribution in [3.8, 4) is 0 Å². The Bertz CT molecular complexity index is 934. The summed E-state index contributed by atoms with van der Waals surface area (Å²) in [5.41, 5.74) is 0.527. The van der Waals surface area contributed by atoms with Crippen molar-refractivity contribution in [2.45, 2.75) is 25.8 Å². The molecule has 1 atom stereocenters. The second-order valence-corrected chi connectivity index (χ2v) is 5.96. The van der Waals surface area contributed by atoms with E-state index in [2.05, 4.69) is 10.6 Å². The zero-order chi connectivity index (χ0) is 17.4. The van der Waals surface area contributed by atoms with E-state index < -0.39 is 23.3 Å². The first-order chi connectivity index (χ1) is 11.3. The molecule has 1 aromatic carbocycles. The van der Waals surface area contributed by atoms with E-state index in [9.17, 15) is 19.2 Å². The van der Waals surface area contributed by atoms with Crippen LogP contribution in [0.5, 0.6) is 0 Å². The summed E-state index contributed by atoms with van der Waals surface area (Å²) in [6.45, 7) is 1.75. The number of benzene rings is 1. The first-order valence-corrected chi connectivity index (χ1v) is 7.61. The molecule has 0 aliphatic carbocycles. The van der Waals surface area contributed by atoms with Gasteiger partial charge in [0, 0.05) is 17.5 Å². The lowest BCUT2D eigenvalue weighted by Gasteiger charge is -2.21. The van der Waals surface area contributed by atoms with Crippen LogP contribution in [0.2, 0.25) is 5.02 Å². The number of nitrogens with one attached hydrogen (secondary N) is 2. The Labute approximate surface area is 141 Å². The Hall–Kier alpha value is -2.67. The largest absolute Gasteiger partial charge is 0.451 e. The molecule has 2 heterocycles. The van der Waals surface area contributed by atoms with Gasteiger partial charge < -0.3 is 9.73 Å². The van der Waals surface area contributed by atoms with Crippen LogP contribution in [0.25, 0.3) is 11.0 Å². The monoisotopic (exact) mass is 348 g/mol. The number of fused-ring (bicyclic) bond motifs is 1. The van der Waals surface area contributed by atoms with Gasteiger partial charge in [0.05, 0.1) is 5.39 Å². The molecule has 24 heavy (non-hydrogen) atoms. The van der Waals surface area contributed by atoms with Crippen molar-refractivity contribution in [2.75, 3.05) is 0 Å². The lowest BCUT2D eigenvalue weighted by Crippen LogP contribution is -2.52. The van der Waals surface area contributed by atoms with E-state index in [1.807, 2.05) is 0 Å². The van der Waals surface area contributed by atoms with E-state index in [4.69, 9.17) is 16.0 Å². The summed E-state index contributed by atoms with van der Waals surface area (Å²) in [5, 5.41) is 5.30. The van der Waals surface area contributed by atoms with E-state index in [0.29, 0.717) is 10.6 Å². The summed E-state index contributed by atoms with van der Waals surface area (Å²) in [6.07, 6.45) is 0.332.